The maximum absolute atomic E-state index is 2.31. The van der Waals surface area contributed by atoms with Gasteiger partial charge in [-0.25, -0.2) is 0 Å². The van der Waals surface area contributed by atoms with Crippen LogP contribution in [0.1, 0.15) is 40.3 Å². The Morgan fingerprint density at radius 2 is 1.42 bits per heavy atom. The highest BCUT2D eigenvalue weighted by Gasteiger charge is 2.06. The van der Waals surface area contributed by atoms with Gasteiger partial charge in [0.1, 0.15) is 0 Å². The van der Waals surface area contributed by atoms with Crippen LogP contribution in [0.15, 0.2) is 36.4 Å². The minimum atomic E-state index is 1.13. The molecule has 0 N–H and O–H groups in total. The van der Waals surface area contributed by atoms with Crippen LogP contribution in [0.25, 0.3) is 0 Å². The molecule has 0 nitrogen and oxygen atoms in total. The summed E-state index contributed by atoms with van der Waals surface area (Å²) in [6, 6.07) is 13.3. The van der Waals surface area contributed by atoms with Crippen molar-refractivity contribution in [2.24, 2.45) is 0 Å². The van der Waals surface area contributed by atoms with Crippen molar-refractivity contribution < 1.29 is 0 Å². The molecule has 0 bridgehead atoms. The molecule has 0 spiro atoms. The van der Waals surface area contributed by atoms with Crippen molar-refractivity contribution in [2.75, 3.05) is 0 Å². The second-order valence-corrected chi connectivity index (χ2v) is 5.43. The SMILES string of the molecule is CCc1c(C)ccc(CCc2ccccc2C)c1C. The molecule has 0 aromatic heterocycles. The molecular formula is C19H24. The molecule has 0 heterocycles. The number of hydrogen-bond acceptors (Lipinski definition) is 0. The first-order valence-electron chi connectivity index (χ1n) is 7.26. The lowest BCUT2D eigenvalue weighted by atomic mass is 9.92. The van der Waals surface area contributed by atoms with Crippen molar-refractivity contribution in [3.05, 3.63) is 69.8 Å². The van der Waals surface area contributed by atoms with Gasteiger partial charge < -0.3 is 0 Å². The first-order valence-corrected chi connectivity index (χ1v) is 7.26. The van der Waals surface area contributed by atoms with Gasteiger partial charge in [0.25, 0.3) is 0 Å². The molecule has 0 aliphatic heterocycles. The van der Waals surface area contributed by atoms with Crippen molar-refractivity contribution in [2.45, 2.75) is 47.0 Å². The van der Waals surface area contributed by atoms with Crippen LogP contribution in [0.3, 0.4) is 0 Å². The van der Waals surface area contributed by atoms with Gasteiger partial charge in [-0.05, 0) is 73.4 Å². The number of rotatable bonds is 4. The predicted octanol–water partition coefficient (Wildman–Crippen LogP) is 4.96. The van der Waals surface area contributed by atoms with Crippen LogP contribution in [-0.4, -0.2) is 0 Å². The Kier molecular flexibility index (Phi) is 4.42. The van der Waals surface area contributed by atoms with Gasteiger partial charge in [0, 0.05) is 0 Å². The Morgan fingerprint density at radius 1 is 0.737 bits per heavy atom. The summed E-state index contributed by atoms with van der Waals surface area (Å²) in [5.41, 5.74) is 8.84. The van der Waals surface area contributed by atoms with E-state index in [1.54, 1.807) is 0 Å². The van der Waals surface area contributed by atoms with E-state index in [0.29, 0.717) is 0 Å². The minimum absolute atomic E-state index is 1.13. The largest absolute Gasteiger partial charge is 0.0620 e. The topological polar surface area (TPSA) is 0 Å². The van der Waals surface area contributed by atoms with Crippen LogP contribution in [0.4, 0.5) is 0 Å². The second-order valence-electron chi connectivity index (χ2n) is 5.43. The Balaban J connectivity index is 2.19. The first kappa shape index (κ1) is 13.9. The van der Waals surface area contributed by atoms with E-state index in [4.69, 9.17) is 0 Å². The summed E-state index contributed by atoms with van der Waals surface area (Å²) in [4.78, 5) is 0. The fourth-order valence-electron chi connectivity index (χ4n) is 2.92. The molecule has 0 aliphatic carbocycles. The number of hydrogen-bond donors (Lipinski definition) is 0. The Morgan fingerprint density at radius 3 is 2.11 bits per heavy atom. The van der Waals surface area contributed by atoms with Gasteiger partial charge in [-0.1, -0.05) is 43.3 Å². The molecule has 19 heavy (non-hydrogen) atoms. The van der Waals surface area contributed by atoms with E-state index in [-0.39, 0.29) is 0 Å². The molecule has 0 saturated carbocycles. The van der Waals surface area contributed by atoms with Gasteiger partial charge in [-0.2, -0.15) is 0 Å². The number of benzene rings is 2. The van der Waals surface area contributed by atoms with E-state index in [2.05, 4.69) is 64.1 Å². The van der Waals surface area contributed by atoms with Crippen molar-refractivity contribution in [3.8, 4) is 0 Å². The lowest BCUT2D eigenvalue weighted by Gasteiger charge is -2.13. The molecule has 0 aliphatic rings. The van der Waals surface area contributed by atoms with E-state index in [1.165, 1.54) is 33.4 Å². The maximum atomic E-state index is 2.31. The van der Waals surface area contributed by atoms with E-state index in [9.17, 15) is 0 Å². The Bertz CT molecular complexity index is 564. The summed E-state index contributed by atoms with van der Waals surface area (Å²) >= 11 is 0. The Hall–Kier alpha value is -1.56. The Labute approximate surface area is 117 Å². The highest BCUT2D eigenvalue weighted by molar-refractivity contribution is 5.40. The summed E-state index contributed by atoms with van der Waals surface area (Å²) in [7, 11) is 0. The summed E-state index contributed by atoms with van der Waals surface area (Å²) in [5, 5.41) is 0. The molecule has 2 rings (SSSR count). The van der Waals surface area contributed by atoms with Crippen molar-refractivity contribution >= 4 is 0 Å². The van der Waals surface area contributed by atoms with Gasteiger partial charge in [0.05, 0.1) is 0 Å². The summed E-state index contributed by atoms with van der Waals surface area (Å²) in [5.74, 6) is 0. The first-order chi connectivity index (χ1) is 9.13. The monoisotopic (exact) mass is 252 g/mol. The molecule has 2 aromatic carbocycles. The quantitative estimate of drug-likeness (QED) is 0.721. The molecule has 0 radical (unpaired) electrons. The molecule has 100 valence electrons. The van der Waals surface area contributed by atoms with Gasteiger partial charge >= 0.3 is 0 Å². The van der Waals surface area contributed by atoms with Gasteiger partial charge in [-0.3, -0.25) is 0 Å². The van der Waals surface area contributed by atoms with E-state index in [1.807, 2.05) is 0 Å². The average molecular weight is 252 g/mol. The van der Waals surface area contributed by atoms with Crippen LogP contribution in [0.2, 0.25) is 0 Å². The molecule has 0 heteroatoms. The van der Waals surface area contributed by atoms with E-state index < -0.39 is 0 Å². The van der Waals surface area contributed by atoms with Gasteiger partial charge in [-0.15, -0.1) is 0 Å². The van der Waals surface area contributed by atoms with Crippen LogP contribution in [0.5, 0.6) is 0 Å². The maximum Gasteiger partial charge on any atom is -0.0235 e. The fourth-order valence-corrected chi connectivity index (χ4v) is 2.92. The van der Waals surface area contributed by atoms with Crippen molar-refractivity contribution in [3.63, 3.8) is 0 Å². The van der Waals surface area contributed by atoms with Crippen LogP contribution >= 0.6 is 0 Å². The van der Waals surface area contributed by atoms with Crippen LogP contribution in [-0.2, 0) is 19.3 Å². The molecule has 0 amide bonds. The smallest absolute Gasteiger partial charge is 0.0235 e. The van der Waals surface area contributed by atoms with Gasteiger partial charge in [0.15, 0.2) is 0 Å². The van der Waals surface area contributed by atoms with Crippen LogP contribution in [0, 0.1) is 20.8 Å². The lowest BCUT2D eigenvalue weighted by molar-refractivity contribution is 0.926. The zero-order chi connectivity index (χ0) is 13.8. The summed E-state index contributed by atoms with van der Waals surface area (Å²) in [6.45, 7) is 8.95. The molecule has 0 fully saturated rings. The summed E-state index contributed by atoms with van der Waals surface area (Å²) in [6.07, 6.45) is 3.42. The molecule has 0 saturated heterocycles. The zero-order valence-corrected chi connectivity index (χ0v) is 12.6. The highest BCUT2D eigenvalue weighted by Crippen LogP contribution is 2.21. The zero-order valence-electron chi connectivity index (χ0n) is 12.6. The fraction of sp³-hybridized carbons (Fsp3) is 0.368. The minimum Gasteiger partial charge on any atom is -0.0620 e. The summed E-state index contributed by atoms with van der Waals surface area (Å²) < 4.78 is 0. The lowest BCUT2D eigenvalue weighted by Crippen LogP contribution is -2.00. The van der Waals surface area contributed by atoms with Crippen molar-refractivity contribution in [1.29, 1.82) is 0 Å². The third kappa shape index (κ3) is 3.07. The molecule has 0 atom stereocenters. The van der Waals surface area contributed by atoms with Gasteiger partial charge in [0.2, 0.25) is 0 Å². The average Bonchev–Trinajstić information content (AvgIpc) is 2.40. The molecular weight excluding hydrogens is 228 g/mol. The number of aryl methyl sites for hydroxylation is 4. The molecule has 2 aromatic rings. The predicted molar refractivity (Wildman–Crippen MR) is 83.9 cm³/mol. The van der Waals surface area contributed by atoms with E-state index >= 15 is 0 Å². The van der Waals surface area contributed by atoms with E-state index in [0.717, 1.165) is 19.3 Å². The normalized spacial score (nSPS) is 10.7. The van der Waals surface area contributed by atoms with Crippen LogP contribution < -0.4 is 0 Å². The second kappa shape index (κ2) is 6.06. The standard InChI is InChI=1S/C19H24/c1-5-19-15(3)10-11-18(16(19)4)13-12-17-9-7-6-8-14(17)2/h6-11H,5,12-13H2,1-4H3. The third-order valence-corrected chi connectivity index (χ3v) is 4.22. The molecule has 0 unspecified atom stereocenters. The highest BCUT2D eigenvalue weighted by atomic mass is 14.1. The third-order valence-electron chi connectivity index (χ3n) is 4.22. The van der Waals surface area contributed by atoms with Crippen molar-refractivity contribution in [1.82, 2.24) is 0 Å².